The van der Waals surface area contributed by atoms with Crippen LogP contribution < -0.4 is 9.47 Å². The Morgan fingerprint density at radius 3 is 2.00 bits per heavy atom. The minimum atomic E-state index is -0.326. The number of ether oxygens (including phenoxy) is 2. The maximum absolute atomic E-state index is 11.4. The molecule has 3 aromatic rings. The van der Waals surface area contributed by atoms with Crippen LogP contribution in [0.3, 0.4) is 0 Å². The predicted molar refractivity (Wildman–Crippen MR) is 97.7 cm³/mol. The van der Waals surface area contributed by atoms with Crippen LogP contribution in [-0.4, -0.2) is 12.6 Å². The third kappa shape index (κ3) is 3.51. The number of fused-ring (bicyclic) bond motifs is 2. The fourth-order valence-corrected chi connectivity index (χ4v) is 2.64. The lowest BCUT2D eigenvalue weighted by atomic mass is 9.98. The Morgan fingerprint density at radius 2 is 1.46 bits per heavy atom. The second-order valence-electron chi connectivity index (χ2n) is 7.25. The first-order valence-corrected chi connectivity index (χ1v) is 8.10. The van der Waals surface area contributed by atoms with Gasteiger partial charge in [0.15, 0.2) is 0 Å². The van der Waals surface area contributed by atoms with Crippen molar-refractivity contribution >= 4 is 27.5 Å². The van der Waals surface area contributed by atoms with Crippen LogP contribution in [0.1, 0.15) is 27.7 Å². The van der Waals surface area contributed by atoms with Gasteiger partial charge in [-0.2, -0.15) is 0 Å². The highest BCUT2D eigenvalue weighted by atomic mass is 16.5. The molecule has 0 saturated carbocycles. The van der Waals surface area contributed by atoms with E-state index in [4.69, 9.17) is 9.47 Å². The third-order valence-electron chi connectivity index (χ3n) is 3.72. The van der Waals surface area contributed by atoms with Crippen molar-refractivity contribution in [2.45, 2.75) is 27.7 Å². The average molecular weight is 322 g/mol. The van der Waals surface area contributed by atoms with Crippen molar-refractivity contribution in [1.82, 2.24) is 0 Å². The highest BCUT2D eigenvalue weighted by molar-refractivity contribution is 6.04. The monoisotopic (exact) mass is 322 g/mol. The lowest BCUT2D eigenvalue weighted by molar-refractivity contribution is -0.131. The van der Waals surface area contributed by atoms with E-state index in [1.54, 1.807) is 6.07 Å². The standard InChI is InChI=1S/C21H22O3/c1-14(22)24-20-10-9-19(23-13-21(2,3)4)17-11-15-7-5-6-8-16(15)12-18(17)20/h5-12H,13H2,1-4H3. The molecule has 0 bridgehead atoms. The number of carbonyl (C=O) groups is 1. The van der Waals surface area contributed by atoms with Gasteiger partial charge in [-0.25, -0.2) is 0 Å². The minimum absolute atomic E-state index is 0.0672. The molecular weight excluding hydrogens is 300 g/mol. The van der Waals surface area contributed by atoms with E-state index in [-0.39, 0.29) is 11.4 Å². The summed E-state index contributed by atoms with van der Waals surface area (Å²) in [7, 11) is 0. The number of hydrogen-bond acceptors (Lipinski definition) is 3. The van der Waals surface area contributed by atoms with E-state index in [2.05, 4.69) is 39.0 Å². The summed E-state index contributed by atoms with van der Waals surface area (Å²) in [5.41, 5.74) is 0.0672. The van der Waals surface area contributed by atoms with Gasteiger partial charge in [0.2, 0.25) is 0 Å². The molecule has 0 aliphatic rings. The molecule has 0 aliphatic heterocycles. The summed E-state index contributed by atoms with van der Waals surface area (Å²) in [6.07, 6.45) is 0. The van der Waals surface area contributed by atoms with Crippen molar-refractivity contribution in [2.75, 3.05) is 6.61 Å². The van der Waals surface area contributed by atoms with E-state index >= 15 is 0 Å². The van der Waals surface area contributed by atoms with E-state index in [9.17, 15) is 4.79 Å². The molecule has 24 heavy (non-hydrogen) atoms. The van der Waals surface area contributed by atoms with Gasteiger partial charge >= 0.3 is 5.97 Å². The molecule has 0 fully saturated rings. The zero-order valence-corrected chi connectivity index (χ0v) is 14.6. The minimum Gasteiger partial charge on any atom is -0.492 e. The zero-order chi connectivity index (χ0) is 17.3. The molecule has 3 aromatic carbocycles. The van der Waals surface area contributed by atoms with E-state index in [0.717, 1.165) is 27.3 Å². The first-order valence-electron chi connectivity index (χ1n) is 8.10. The van der Waals surface area contributed by atoms with Crippen molar-refractivity contribution in [2.24, 2.45) is 5.41 Å². The van der Waals surface area contributed by atoms with Crippen molar-refractivity contribution in [3.8, 4) is 11.5 Å². The molecule has 0 amide bonds. The predicted octanol–water partition coefficient (Wildman–Crippen LogP) is 5.34. The first-order chi connectivity index (χ1) is 11.3. The average Bonchev–Trinajstić information content (AvgIpc) is 2.51. The number of benzene rings is 3. The zero-order valence-electron chi connectivity index (χ0n) is 14.6. The molecule has 0 atom stereocenters. The van der Waals surface area contributed by atoms with Crippen LogP contribution in [0.2, 0.25) is 0 Å². The summed E-state index contributed by atoms with van der Waals surface area (Å²) in [6, 6.07) is 16.0. The number of esters is 1. The normalized spacial score (nSPS) is 11.7. The van der Waals surface area contributed by atoms with Gasteiger partial charge in [0, 0.05) is 17.7 Å². The van der Waals surface area contributed by atoms with Crippen molar-refractivity contribution in [3.05, 3.63) is 48.5 Å². The summed E-state index contributed by atoms with van der Waals surface area (Å²) < 4.78 is 11.4. The van der Waals surface area contributed by atoms with Crippen LogP contribution in [-0.2, 0) is 4.79 Å². The molecule has 0 radical (unpaired) electrons. The van der Waals surface area contributed by atoms with Crippen LogP contribution in [0.15, 0.2) is 48.5 Å². The van der Waals surface area contributed by atoms with Gasteiger partial charge in [-0.3, -0.25) is 4.79 Å². The van der Waals surface area contributed by atoms with E-state index in [1.165, 1.54) is 6.92 Å². The molecular formula is C21H22O3. The van der Waals surface area contributed by atoms with Crippen LogP contribution in [0.5, 0.6) is 11.5 Å². The van der Waals surface area contributed by atoms with Crippen molar-refractivity contribution in [3.63, 3.8) is 0 Å². The molecule has 124 valence electrons. The smallest absolute Gasteiger partial charge is 0.308 e. The Bertz CT molecular complexity index is 904. The summed E-state index contributed by atoms with van der Waals surface area (Å²) in [6.45, 7) is 8.44. The van der Waals surface area contributed by atoms with Gasteiger partial charge < -0.3 is 9.47 Å². The van der Waals surface area contributed by atoms with Gasteiger partial charge in [-0.05, 0) is 40.5 Å². The molecule has 0 aromatic heterocycles. The fraction of sp³-hybridized carbons (Fsp3) is 0.286. The topological polar surface area (TPSA) is 35.5 Å². The molecule has 0 spiro atoms. The first kappa shape index (κ1) is 16.3. The Hall–Kier alpha value is -2.55. The van der Waals surface area contributed by atoms with E-state index in [1.807, 2.05) is 24.3 Å². The second kappa shape index (κ2) is 6.16. The van der Waals surface area contributed by atoms with Crippen molar-refractivity contribution in [1.29, 1.82) is 0 Å². The highest BCUT2D eigenvalue weighted by Crippen LogP contribution is 2.37. The van der Waals surface area contributed by atoms with Gasteiger partial charge in [0.05, 0.1) is 6.61 Å². The molecule has 0 aliphatic carbocycles. The largest absolute Gasteiger partial charge is 0.492 e. The number of carbonyl (C=O) groups excluding carboxylic acids is 1. The molecule has 0 unspecified atom stereocenters. The number of rotatable bonds is 3. The van der Waals surface area contributed by atoms with Gasteiger partial charge in [-0.1, -0.05) is 45.0 Å². The van der Waals surface area contributed by atoms with Crippen LogP contribution in [0, 0.1) is 5.41 Å². The molecule has 0 heterocycles. The fourth-order valence-electron chi connectivity index (χ4n) is 2.64. The maximum atomic E-state index is 11.4. The summed E-state index contributed by atoms with van der Waals surface area (Å²) in [5.74, 6) is 1.04. The van der Waals surface area contributed by atoms with E-state index in [0.29, 0.717) is 12.4 Å². The highest BCUT2D eigenvalue weighted by Gasteiger charge is 2.15. The second-order valence-corrected chi connectivity index (χ2v) is 7.25. The van der Waals surface area contributed by atoms with Gasteiger partial charge in [-0.15, -0.1) is 0 Å². The Labute approximate surface area is 142 Å². The molecule has 0 saturated heterocycles. The summed E-state index contributed by atoms with van der Waals surface area (Å²) in [4.78, 5) is 11.4. The molecule has 3 rings (SSSR count). The van der Waals surface area contributed by atoms with Gasteiger partial charge in [0.1, 0.15) is 11.5 Å². The maximum Gasteiger partial charge on any atom is 0.308 e. The molecule has 3 nitrogen and oxygen atoms in total. The quantitative estimate of drug-likeness (QED) is 0.371. The number of hydrogen-bond donors (Lipinski definition) is 0. The molecule has 3 heteroatoms. The van der Waals surface area contributed by atoms with Crippen molar-refractivity contribution < 1.29 is 14.3 Å². The molecule has 0 N–H and O–H groups in total. The summed E-state index contributed by atoms with van der Waals surface area (Å²) in [5, 5.41) is 4.07. The SMILES string of the molecule is CC(=O)Oc1ccc(OCC(C)(C)C)c2cc3ccccc3cc12. The van der Waals surface area contributed by atoms with Crippen LogP contribution >= 0.6 is 0 Å². The Kier molecular flexibility index (Phi) is 4.18. The Balaban J connectivity index is 2.18. The summed E-state index contributed by atoms with van der Waals surface area (Å²) >= 11 is 0. The van der Waals surface area contributed by atoms with Crippen LogP contribution in [0.4, 0.5) is 0 Å². The lowest BCUT2D eigenvalue weighted by Gasteiger charge is -2.20. The Morgan fingerprint density at radius 1 is 0.917 bits per heavy atom. The van der Waals surface area contributed by atoms with E-state index < -0.39 is 0 Å². The van der Waals surface area contributed by atoms with Gasteiger partial charge in [0.25, 0.3) is 0 Å². The third-order valence-corrected chi connectivity index (χ3v) is 3.72. The lowest BCUT2D eigenvalue weighted by Crippen LogP contribution is -2.17. The van der Waals surface area contributed by atoms with Crippen LogP contribution in [0.25, 0.3) is 21.5 Å².